The van der Waals surface area contributed by atoms with E-state index in [1.807, 2.05) is 43.5 Å². The maximum Gasteiger partial charge on any atom is 0.172 e. The lowest BCUT2D eigenvalue weighted by Gasteiger charge is -2.06. The second-order valence-corrected chi connectivity index (χ2v) is 5.91. The first-order valence-electron chi connectivity index (χ1n) is 7.79. The third-order valence-electron chi connectivity index (χ3n) is 4.21. The Kier molecular flexibility index (Phi) is 3.92. The van der Waals surface area contributed by atoms with Gasteiger partial charge in [0.25, 0.3) is 0 Å². The van der Waals surface area contributed by atoms with E-state index in [0.717, 1.165) is 30.5 Å². The molecule has 3 rings (SSSR count). The summed E-state index contributed by atoms with van der Waals surface area (Å²) in [6.07, 6.45) is 11.2. The van der Waals surface area contributed by atoms with Crippen molar-refractivity contribution in [3.63, 3.8) is 0 Å². The summed E-state index contributed by atoms with van der Waals surface area (Å²) in [5, 5.41) is 4.42. The first kappa shape index (κ1) is 14.7. The van der Waals surface area contributed by atoms with Crippen LogP contribution in [0.15, 0.2) is 30.0 Å². The molecule has 0 fully saturated rings. The zero-order valence-electron chi connectivity index (χ0n) is 13.4. The third-order valence-corrected chi connectivity index (χ3v) is 4.21. The minimum absolute atomic E-state index is 0.0816. The number of fused-ring (bicyclic) bond motifs is 3. The smallest absolute Gasteiger partial charge is 0.172 e. The van der Waals surface area contributed by atoms with Gasteiger partial charge in [-0.25, -0.2) is 9.50 Å². The third kappa shape index (κ3) is 2.49. The van der Waals surface area contributed by atoms with E-state index < -0.39 is 0 Å². The van der Waals surface area contributed by atoms with Crippen molar-refractivity contribution in [1.29, 1.82) is 0 Å². The summed E-state index contributed by atoms with van der Waals surface area (Å²) >= 11 is 0. The first-order valence-corrected chi connectivity index (χ1v) is 7.79. The second-order valence-electron chi connectivity index (χ2n) is 5.91. The van der Waals surface area contributed by atoms with Gasteiger partial charge >= 0.3 is 0 Å². The molecule has 0 radical (unpaired) electrons. The molecule has 2 aromatic heterocycles. The lowest BCUT2D eigenvalue weighted by Crippen LogP contribution is -2.06. The molecule has 0 spiro atoms. The molecular weight excluding hydrogens is 274 g/mol. The van der Waals surface area contributed by atoms with E-state index >= 15 is 0 Å². The van der Waals surface area contributed by atoms with Gasteiger partial charge in [-0.15, -0.1) is 0 Å². The fourth-order valence-corrected chi connectivity index (χ4v) is 3.09. The zero-order valence-corrected chi connectivity index (χ0v) is 13.4. The van der Waals surface area contributed by atoms with Crippen LogP contribution < -0.4 is 0 Å². The Labute approximate surface area is 130 Å². The average Bonchev–Trinajstić information content (AvgIpc) is 3.11. The van der Waals surface area contributed by atoms with Gasteiger partial charge in [0.1, 0.15) is 0 Å². The number of Topliss-reactive ketones (excluding diaryl/α,β-unsaturated/α-hetero) is 1. The van der Waals surface area contributed by atoms with Gasteiger partial charge in [-0.2, -0.15) is 5.10 Å². The number of carbonyl (C=O) groups excluding carboxylic acids is 1. The number of ketones is 1. The van der Waals surface area contributed by atoms with Crippen molar-refractivity contribution in [2.45, 2.75) is 46.5 Å². The standard InChI is InChI=1S/C18H21N3O/c1-4-5-7-12(2)10-17(22)15-11-19-21-16-9-6-8-14(16)13(3)20-18(15)21/h4-5,7,11H,6,8-10H2,1-3H3/b5-4+,12-7+. The highest BCUT2D eigenvalue weighted by Gasteiger charge is 2.22. The van der Waals surface area contributed by atoms with Crippen LogP contribution in [0.2, 0.25) is 0 Å². The molecule has 114 valence electrons. The molecule has 2 aromatic rings. The number of rotatable bonds is 4. The minimum atomic E-state index is 0.0816. The quantitative estimate of drug-likeness (QED) is 0.639. The Balaban J connectivity index is 1.99. The molecule has 0 atom stereocenters. The minimum Gasteiger partial charge on any atom is -0.294 e. The number of allylic oxidation sites excluding steroid dienone is 4. The number of hydrogen-bond acceptors (Lipinski definition) is 3. The van der Waals surface area contributed by atoms with Crippen LogP contribution >= 0.6 is 0 Å². The van der Waals surface area contributed by atoms with Crippen LogP contribution in [-0.2, 0) is 12.8 Å². The molecule has 0 saturated heterocycles. The fraction of sp³-hybridized carbons (Fsp3) is 0.389. The summed E-state index contributed by atoms with van der Waals surface area (Å²) in [6, 6.07) is 0. The number of hydrogen-bond donors (Lipinski definition) is 0. The lowest BCUT2D eigenvalue weighted by molar-refractivity contribution is 0.0994. The highest BCUT2D eigenvalue weighted by molar-refractivity contribution is 6.02. The van der Waals surface area contributed by atoms with Crippen LogP contribution in [0.4, 0.5) is 0 Å². The van der Waals surface area contributed by atoms with Crippen molar-refractivity contribution in [3.8, 4) is 0 Å². The summed E-state index contributed by atoms with van der Waals surface area (Å²) in [5.74, 6) is 0.0816. The largest absolute Gasteiger partial charge is 0.294 e. The van der Waals surface area contributed by atoms with Crippen molar-refractivity contribution in [1.82, 2.24) is 14.6 Å². The zero-order chi connectivity index (χ0) is 15.7. The molecule has 0 saturated carbocycles. The predicted molar refractivity (Wildman–Crippen MR) is 87.3 cm³/mol. The van der Waals surface area contributed by atoms with Crippen molar-refractivity contribution in [2.75, 3.05) is 0 Å². The van der Waals surface area contributed by atoms with Crippen molar-refractivity contribution >= 4 is 11.4 Å². The summed E-state index contributed by atoms with van der Waals surface area (Å²) < 4.78 is 1.87. The molecule has 0 aromatic carbocycles. The van der Waals surface area contributed by atoms with E-state index in [9.17, 15) is 4.79 Å². The number of carbonyl (C=O) groups is 1. The molecule has 1 aliphatic rings. The molecule has 0 unspecified atom stereocenters. The Morgan fingerprint density at radius 2 is 2.23 bits per heavy atom. The normalized spacial score (nSPS) is 15.0. The van der Waals surface area contributed by atoms with Crippen molar-refractivity contribution in [2.24, 2.45) is 0 Å². The van der Waals surface area contributed by atoms with Gasteiger partial charge in [0.2, 0.25) is 0 Å². The molecule has 4 nitrogen and oxygen atoms in total. The SMILES string of the molecule is C/C=C/C=C(\C)CC(=O)c1cnn2c3c(c(C)nc12)CCC3. The first-order chi connectivity index (χ1) is 10.6. The Morgan fingerprint density at radius 3 is 3.00 bits per heavy atom. The average molecular weight is 295 g/mol. The topological polar surface area (TPSA) is 47.3 Å². The van der Waals surface area contributed by atoms with Gasteiger partial charge < -0.3 is 0 Å². The van der Waals surface area contributed by atoms with Gasteiger partial charge in [-0.3, -0.25) is 4.79 Å². The molecule has 0 aliphatic heterocycles. The van der Waals surface area contributed by atoms with Crippen LogP contribution in [0.3, 0.4) is 0 Å². The Morgan fingerprint density at radius 1 is 1.41 bits per heavy atom. The number of aryl methyl sites for hydroxylation is 2. The van der Waals surface area contributed by atoms with E-state index in [-0.39, 0.29) is 5.78 Å². The summed E-state index contributed by atoms with van der Waals surface area (Å²) in [5.41, 5.74) is 5.95. The maximum absolute atomic E-state index is 12.5. The van der Waals surface area contributed by atoms with Gasteiger partial charge in [0, 0.05) is 17.8 Å². The molecule has 0 bridgehead atoms. The van der Waals surface area contributed by atoms with E-state index in [1.54, 1.807) is 6.20 Å². The van der Waals surface area contributed by atoms with Crippen molar-refractivity contribution in [3.05, 3.63) is 52.5 Å². The Hall–Kier alpha value is -2.23. The summed E-state index contributed by atoms with van der Waals surface area (Å²) in [7, 11) is 0. The van der Waals surface area contributed by atoms with Crippen molar-refractivity contribution < 1.29 is 4.79 Å². The molecule has 4 heteroatoms. The van der Waals surface area contributed by atoms with Crippen LogP contribution in [0, 0.1) is 6.92 Å². The summed E-state index contributed by atoms with van der Waals surface area (Å²) in [6.45, 7) is 5.97. The molecule has 1 aliphatic carbocycles. The number of nitrogens with zero attached hydrogens (tertiary/aromatic N) is 3. The molecule has 22 heavy (non-hydrogen) atoms. The van der Waals surface area contributed by atoms with Crippen LogP contribution in [-0.4, -0.2) is 20.4 Å². The monoisotopic (exact) mass is 295 g/mol. The van der Waals surface area contributed by atoms with Crippen LogP contribution in [0.25, 0.3) is 5.65 Å². The maximum atomic E-state index is 12.5. The van der Waals surface area contributed by atoms with Crippen LogP contribution in [0.5, 0.6) is 0 Å². The van der Waals surface area contributed by atoms with Gasteiger partial charge in [-0.05, 0) is 45.6 Å². The van der Waals surface area contributed by atoms with Gasteiger partial charge in [0.05, 0.1) is 11.8 Å². The van der Waals surface area contributed by atoms with E-state index in [4.69, 9.17) is 0 Å². The van der Waals surface area contributed by atoms with Gasteiger partial charge in [-0.1, -0.05) is 23.8 Å². The lowest BCUT2D eigenvalue weighted by atomic mass is 10.1. The van der Waals surface area contributed by atoms with E-state index in [1.165, 1.54) is 11.3 Å². The predicted octanol–water partition coefficient (Wildman–Crippen LogP) is 3.62. The molecule has 2 heterocycles. The van der Waals surface area contributed by atoms with E-state index in [2.05, 4.69) is 10.1 Å². The molecule has 0 amide bonds. The highest BCUT2D eigenvalue weighted by Crippen LogP contribution is 2.26. The number of aromatic nitrogens is 3. The van der Waals surface area contributed by atoms with Crippen LogP contribution in [0.1, 0.15) is 54.0 Å². The van der Waals surface area contributed by atoms with E-state index in [0.29, 0.717) is 17.6 Å². The Bertz CT molecular complexity index is 796. The second kappa shape index (κ2) is 5.87. The fourth-order valence-electron chi connectivity index (χ4n) is 3.09. The highest BCUT2D eigenvalue weighted by atomic mass is 16.1. The van der Waals surface area contributed by atoms with Gasteiger partial charge in [0.15, 0.2) is 11.4 Å². The molecule has 0 N–H and O–H groups in total. The molecular formula is C18H21N3O. The summed E-state index contributed by atoms with van der Waals surface area (Å²) in [4.78, 5) is 17.2.